The normalized spacial score (nSPS) is 27.0. The summed E-state index contributed by atoms with van der Waals surface area (Å²) >= 11 is 0. The van der Waals surface area contributed by atoms with Crippen LogP contribution in [0, 0.1) is 23.7 Å². The summed E-state index contributed by atoms with van der Waals surface area (Å²) in [4.78, 5) is 33.7. The molecule has 1 N–H and O–H groups in total. The summed E-state index contributed by atoms with van der Waals surface area (Å²) in [6.45, 7) is 18.5. The highest BCUT2D eigenvalue weighted by Gasteiger charge is 2.44. The molecule has 2 atom stereocenters. The minimum Gasteiger partial charge on any atom is -0.349 e. The molecule has 2 amide bonds. The first-order valence-corrected chi connectivity index (χ1v) is 15.5. The second kappa shape index (κ2) is 13.4. The number of ether oxygens (including phenoxy) is 2. The van der Waals surface area contributed by atoms with Gasteiger partial charge in [-0.3, -0.25) is 9.59 Å². The van der Waals surface area contributed by atoms with Crippen LogP contribution in [0.2, 0.25) is 0 Å². The Hall–Kier alpha value is -1.22. The third-order valence-corrected chi connectivity index (χ3v) is 9.11. The van der Waals surface area contributed by atoms with Crippen molar-refractivity contribution in [1.29, 1.82) is 0 Å². The zero-order valence-corrected chi connectivity index (χ0v) is 24.8. The Morgan fingerprint density at radius 1 is 1.00 bits per heavy atom. The zero-order chi connectivity index (χ0) is 27.3. The lowest BCUT2D eigenvalue weighted by Gasteiger charge is -2.47. The van der Waals surface area contributed by atoms with Crippen LogP contribution in [0.15, 0.2) is 0 Å². The smallest absolute Gasteiger partial charge is 0.245 e. The van der Waals surface area contributed by atoms with E-state index in [-0.39, 0.29) is 23.9 Å². The molecule has 1 spiro atoms. The summed E-state index contributed by atoms with van der Waals surface area (Å²) in [6, 6.07) is -0.561. The van der Waals surface area contributed by atoms with Gasteiger partial charge in [-0.2, -0.15) is 0 Å². The monoisotopic (exact) mass is 534 g/mol. The van der Waals surface area contributed by atoms with Crippen LogP contribution in [0.25, 0.3) is 0 Å². The van der Waals surface area contributed by atoms with Crippen molar-refractivity contribution in [2.75, 3.05) is 59.0 Å². The number of nitrogens with one attached hydrogen (secondary N) is 1. The van der Waals surface area contributed by atoms with E-state index in [1.165, 1.54) is 25.9 Å². The molecule has 0 saturated carbocycles. The van der Waals surface area contributed by atoms with E-state index in [1.54, 1.807) is 0 Å². The Bertz CT molecular complexity index is 764. The van der Waals surface area contributed by atoms with Crippen molar-refractivity contribution < 1.29 is 19.1 Å². The van der Waals surface area contributed by atoms with Crippen LogP contribution in [-0.2, 0) is 19.1 Å². The van der Waals surface area contributed by atoms with Crippen LogP contribution in [0.5, 0.6) is 0 Å². The summed E-state index contributed by atoms with van der Waals surface area (Å²) in [6.07, 6.45) is 6.52. The Labute approximate surface area is 231 Å². The van der Waals surface area contributed by atoms with Gasteiger partial charge in [0.05, 0.1) is 19.3 Å². The van der Waals surface area contributed by atoms with E-state index in [0.717, 1.165) is 45.1 Å². The number of likely N-dealkylation sites (tertiary alicyclic amines) is 2. The number of carbonyl (C=O) groups excluding carboxylic acids is 2. The lowest BCUT2D eigenvalue weighted by Crippen LogP contribution is -2.62. The molecule has 4 aliphatic heterocycles. The average molecular weight is 535 g/mol. The van der Waals surface area contributed by atoms with Crippen molar-refractivity contribution in [2.45, 2.75) is 97.4 Å². The Morgan fingerprint density at radius 3 is 2.26 bits per heavy atom. The minimum atomic E-state index is -0.552. The van der Waals surface area contributed by atoms with Crippen LogP contribution in [0.4, 0.5) is 0 Å². The van der Waals surface area contributed by atoms with Crippen LogP contribution < -0.4 is 5.32 Å². The third kappa shape index (κ3) is 7.70. The van der Waals surface area contributed by atoms with Crippen molar-refractivity contribution in [3.63, 3.8) is 0 Å². The fourth-order valence-corrected chi connectivity index (χ4v) is 6.51. The lowest BCUT2D eigenvalue weighted by molar-refractivity contribution is -0.298. The van der Waals surface area contributed by atoms with Gasteiger partial charge in [-0.05, 0) is 62.9 Å². The van der Waals surface area contributed by atoms with Crippen LogP contribution in [0.3, 0.4) is 0 Å². The predicted molar refractivity (Wildman–Crippen MR) is 150 cm³/mol. The molecular formula is C30H54N4O4. The van der Waals surface area contributed by atoms with Crippen molar-refractivity contribution in [2.24, 2.45) is 23.7 Å². The van der Waals surface area contributed by atoms with Gasteiger partial charge < -0.3 is 29.5 Å². The quantitative estimate of drug-likeness (QED) is 0.489. The van der Waals surface area contributed by atoms with Crippen molar-refractivity contribution >= 4 is 11.8 Å². The number of amides is 2. The number of piperazine rings is 1. The maximum atomic E-state index is 13.8. The molecule has 0 aromatic rings. The molecule has 0 unspecified atom stereocenters. The van der Waals surface area contributed by atoms with Crippen LogP contribution >= 0.6 is 0 Å². The summed E-state index contributed by atoms with van der Waals surface area (Å²) in [7, 11) is 0. The molecular weight excluding hydrogens is 480 g/mol. The predicted octanol–water partition coefficient (Wildman–Crippen LogP) is 3.35. The molecule has 4 saturated heterocycles. The standard InChI is InChI=1S/C30H54N4O4/c1-22(2)6-7-26-28(35)34(17-12-31-26)27(18-23(3)4)29(36)33-15-10-30(11-16-33)37-20-25(21-38-30)19-32-13-8-24(5)9-14-32/h22-27,31H,6-21H2,1-5H3/t26-,27-/m0/s1. The van der Waals surface area contributed by atoms with Crippen molar-refractivity contribution in [3.8, 4) is 0 Å². The van der Waals surface area contributed by atoms with Gasteiger partial charge in [-0.15, -0.1) is 0 Å². The number of nitrogens with zero attached hydrogens (tertiary/aromatic N) is 3. The second-order valence-electron chi connectivity index (χ2n) is 13.4. The molecule has 0 aromatic carbocycles. The van der Waals surface area contributed by atoms with E-state index in [0.29, 0.717) is 56.7 Å². The molecule has 4 rings (SSSR count). The van der Waals surface area contributed by atoms with E-state index < -0.39 is 5.79 Å². The van der Waals surface area contributed by atoms with Gasteiger partial charge in [0.1, 0.15) is 6.04 Å². The first-order valence-electron chi connectivity index (χ1n) is 15.5. The molecule has 218 valence electrons. The molecule has 0 radical (unpaired) electrons. The minimum absolute atomic E-state index is 0.0949. The molecule has 4 fully saturated rings. The van der Waals surface area contributed by atoms with E-state index in [2.05, 4.69) is 44.8 Å². The topological polar surface area (TPSA) is 74.3 Å². The molecule has 0 bridgehead atoms. The summed E-state index contributed by atoms with van der Waals surface area (Å²) in [5.41, 5.74) is 0. The molecule has 0 aromatic heterocycles. The first-order chi connectivity index (χ1) is 18.2. The first kappa shape index (κ1) is 29.8. The van der Waals surface area contributed by atoms with Crippen molar-refractivity contribution in [3.05, 3.63) is 0 Å². The van der Waals surface area contributed by atoms with E-state index >= 15 is 0 Å². The van der Waals surface area contributed by atoms with Gasteiger partial charge in [-0.1, -0.05) is 34.6 Å². The molecule has 0 aliphatic carbocycles. The van der Waals surface area contributed by atoms with Gasteiger partial charge in [0.15, 0.2) is 5.79 Å². The van der Waals surface area contributed by atoms with E-state index in [1.807, 2.05) is 9.80 Å². The van der Waals surface area contributed by atoms with Crippen LogP contribution in [-0.4, -0.2) is 103 Å². The second-order valence-corrected chi connectivity index (χ2v) is 13.4. The fourth-order valence-electron chi connectivity index (χ4n) is 6.51. The highest BCUT2D eigenvalue weighted by atomic mass is 16.7. The summed E-state index contributed by atoms with van der Waals surface area (Å²) in [5.74, 6) is 1.80. The number of hydrogen-bond acceptors (Lipinski definition) is 6. The average Bonchev–Trinajstić information content (AvgIpc) is 2.89. The number of hydrogen-bond donors (Lipinski definition) is 1. The summed E-state index contributed by atoms with van der Waals surface area (Å²) in [5, 5.41) is 3.40. The van der Waals surface area contributed by atoms with Gasteiger partial charge in [-0.25, -0.2) is 0 Å². The summed E-state index contributed by atoms with van der Waals surface area (Å²) < 4.78 is 12.7. The maximum Gasteiger partial charge on any atom is 0.245 e. The third-order valence-electron chi connectivity index (χ3n) is 9.11. The van der Waals surface area contributed by atoms with Gasteiger partial charge >= 0.3 is 0 Å². The number of carbonyl (C=O) groups is 2. The van der Waals surface area contributed by atoms with Gasteiger partial charge in [0.25, 0.3) is 0 Å². The molecule has 38 heavy (non-hydrogen) atoms. The van der Waals surface area contributed by atoms with Crippen LogP contribution in [0.1, 0.15) is 79.6 Å². The molecule has 8 nitrogen and oxygen atoms in total. The fraction of sp³-hybridized carbons (Fsp3) is 0.933. The number of rotatable bonds is 9. The maximum absolute atomic E-state index is 13.8. The lowest BCUT2D eigenvalue weighted by atomic mass is 9.95. The van der Waals surface area contributed by atoms with E-state index in [4.69, 9.17) is 9.47 Å². The van der Waals surface area contributed by atoms with Gasteiger partial charge in [0, 0.05) is 51.5 Å². The Morgan fingerprint density at radius 2 is 1.66 bits per heavy atom. The Kier molecular flexibility index (Phi) is 10.5. The Balaban J connectivity index is 1.29. The van der Waals surface area contributed by atoms with E-state index in [9.17, 15) is 9.59 Å². The zero-order valence-electron chi connectivity index (χ0n) is 24.8. The number of piperidine rings is 2. The van der Waals surface area contributed by atoms with Crippen molar-refractivity contribution in [1.82, 2.24) is 20.0 Å². The SMILES string of the molecule is CC(C)CC[C@@H]1NCCN([C@@H](CC(C)C)C(=O)N2CCC3(CC2)OCC(CN2CCC(C)CC2)CO3)C1=O. The molecule has 4 heterocycles. The molecule has 8 heteroatoms. The molecule has 4 aliphatic rings. The van der Waals surface area contributed by atoms with Gasteiger partial charge in [0.2, 0.25) is 11.8 Å². The highest BCUT2D eigenvalue weighted by molar-refractivity contribution is 5.90. The largest absolute Gasteiger partial charge is 0.349 e. The highest BCUT2D eigenvalue weighted by Crippen LogP contribution is 2.34.